The lowest BCUT2D eigenvalue weighted by Crippen LogP contribution is -2.33. The maximum atomic E-state index is 14.3. The molecule has 3 aromatic rings. The molecular weight excluding hydrogens is 445 g/mol. The van der Waals surface area contributed by atoms with E-state index in [-0.39, 0.29) is 23.8 Å². The minimum absolute atomic E-state index is 0.0618. The standard InChI is InChI=1S/C22H22FN7O4/c1-30(2)21(31)34-22(4-5-22)12-33-17-7-13(23)6-16(32-3)20(17)15-8-18(29-28-15)27-19-11-25-14(9-24)10-26-19/h6-8,10-11H,4-5,12H2,1-3H3,(H2,26,27,28,29). The number of carbonyl (C=O) groups is 1. The summed E-state index contributed by atoms with van der Waals surface area (Å²) in [6.45, 7) is 0.0618. The topological polar surface area (TPSA) is 138 Å². The van der Waals surface area contributed by atoms with E-state index in [4.69, 9.17) is 19.5 Å². The van der Waals surface area contributed by atoms with Crippen LogP contribution in [0.15, 0.2) is 30.6 Å². The van der Waals surface area contributed by atoms with Crippen LogP contribution < -0.4 is 14.8 Å². The first-order valence-electron chi connectivity index (χ1n) is 10.3. The van der Waals surface area contributed by atoms with E-state index < -0.39 is 17.5 Å². The molecule has 34 heavy (non-hydrogen) atoms. The predicted molar refractivity (Wildman–Crippen MR) is 118 cm³/mol. The van der Waals surface area contributed by atoms with Gasteiger partial charge in [-0.15, -0.1) is 0 Å². The Bertz CT molecular complexity index is 1230. The molecule has 1 saturated carbocycles. The highest BCUT2D eigenvalue weighted by molar-refractivity contribution is 5.76. The van der Waals surface area contributed by atoms with Crippen LogP contribution in [0.4, 0.5) is 20.8 Å². The largest absolute Gasteiger partial charge is 0.496 e. The molecule has 1 aliphatic carbocycles. The summed E-state index contributed by atoms with van der Waals surface area (Å²) in [5.74, 6) is 0.690. The molecule has 4 rings (SSSR count). The SMILES string of the molecule is COc1cc(F)cc(OCC2(OC(=O)N(C)C)CC2)c1-c1cc(Nc2cnc(C#N)cn2)n[nH]1. The molecule has 176 valence electrons. The van der Waals surface area contributed by atoms with Gasteiger partial charge in [-0.05, 0) is 12.8 Å². The van der Waals surface area contributed by atoms with Gasteiger partial charge >= 0.3 is 6.09 Å². The molecule has 2 heterocycles. The molecule has 0 unspecified atom stereocenters. The van der Waals surface area contributed by atoms with Gasteiger partial charge < -0.3 is 24.4 Å². The number of ether oxygens (including phenoxy) is 3. The van der Waals surface area contributed by atoms with Gasteiger partial charge in [0.25, 0.3) is 0 Å². The molecule has 0 bridgehead atoms. The molecule has 1 aromatic carbocycles. The van der Waals surface area contributed by atoms with Gasteiger partial charge in [0.15, 0.2) is 11.5 Å². The van der Waals surface area contributed by atoms with Crippen LogP contribution in [0.25, 0.3) is 11.3 Å². The molecule has 0 spiro atoms. The van der Waals surface area contributed by atoms with Gasteiger partial charge in [0, 0.05) is 32.3 Å². The van der Waals surface area contributed by atoms with Crippen molar-refractivity contribution >= 4 is 17.7 Å². The Balaban J connectivity index is 1.57. The zero-order valence-corrected chi connectivity index (χ0v) is 18.8. The van der Waals surface area contributed by atoms with Crippen molar-refractivity contribution in [3.05, 3.63) is 42.1 Å². The molecule has 0 atom stereocenters. The highest BCUT2D eigenvalue weighted by Gasteiger charge is 2.48. The van der Waals surface area contributed by atoms with E-state index in [0.29, 0.717) is 35.7 Å². The molecule has 11 nitrogen and oxygen atoms in total. The number of aromatic nitrogens is 4. The van der Waals surface area contributed by atoms with Crippen molar-refractivity contribution in [3.63, 3.8) is 0 Å². The molecule has 0 radical (unpaired) electrons. The maximum absolute atomic E-state index is 14.3. The van der Waals surface area contributed by atoms with Crippen LogP contribution in [0.3, 0.4) is 0 Å². The van der Waals surface area contributed by atoms with Crippen molar-refractivity contribution < 1.29 is 23.4 Å². The van der Waals surface area contributed by atoms with Crippen molar-refractivity contribution in [2.75, 3.05) is 33.1 Å². The van der Waals surface area contributed by atoms with Crippen molar-refractivity contribution in [2.45, 2.75) is 18.4 Å². The number of nitriles is 1. The third kappa shape index (κ3) is 4.98. The summed E-state index contributed by atoms with van der Waals surface area (Å²) in [6.07, 6.45) is 3.58. The van der Waals surface area contributed by atoms with E-state index in [1.54, 1.807) is 20.2 Å². The summed E-state index contributed by atoms with van der Waals surface area (Å²) in [7, 11) is 4.62. The first-order chi connectivity index (χ1) is 16.3. The second-order valence-corrected chi connectivity index (χ2v) is 7.91. The number of H-pyrrole nitrogens is 1. The molecule has 2 N–H and O–H groups in total. The number of anilines is 2. The number of benzene rings is 1. The van der Waals surface area contributed by atoms with Crippen LogP contribution >= 0.6 is 0 Å². The average Bonchev–Trinajstić information content (AvgIpc) is 3.44. The molecule has 0 aliphatic heterocycles. The number of hydrogen-bond donors (Lipinski definition) is 2. The highest BCUT2D eigenvalue weighted by atomic mass is 19.1. The number of rotatable bonds is 8. The lowest BCUT2D eigenvalue weighted by Gasteiger charge is -2.21. The van der Waals surface area contributed by atoms with Crippen LogP contribution in [-0.2, 0) is 4.74 Å². The van der Waals surface area contributed by atoms with Crippen LogP contribution in [0.5, 0.6) is 11.5 Å². The first kappa shape index (κ1) is 22.8. The fraction of sp³-hybridized carbons (Fsp3) is 0.318. The van der Waals surface area contributed by atoms with Crippen molar-refractivity contribution in [1.82, 2.24) is 25.1 Å². The second kappa shape index (κ2) is 9.22. The number of halogens is 1. The Morgan fingerprint density at radius 1 is 1.24 bits per heavy atom. The van der Waals surface area contributed by atoms with Gasteiger partial charge in [-0.25, -0.2) is 19.2 Å². The normalized spacial score (nSPS) is 13.5. The Labute approximate surface area is 194 Å². The average molecular weight is 467 g/mol. The van der Waals surface area contributed by atoms with Crippen LogP contribution in [0, 0.1) is 17.1 Å². The van der Waals surface area contributed by atoms with Crippen molar-refractivity contribution in [2.24, 2.45) is 0 Å². The summed E-state index contributed by atoms with van der Waals surface area (Å²) in [6, 6.07) is 6.04. The molecule has 12 heteroatoms. The molecule has 0 saturated heterocycles. The molecule has 1 aliphatic rings. The van der Waals surface area contributed by atoms with Crippen LogP contribution in [0.2, 0.25) is 0 Å². The summed E-state index contributed by atoms with van der Waals surface area (Å²) in [5.41, 5.74) is 0.389. The summed E-state index contributed by atoms with van der Waals surface area (Å²) < 4.78 is 31.1. The van der Waals surface area contributed by atoms with Crippen LogP contribution in [0.1, 0.15) is 18.5 Å². The zero-order valence-electron chi connectivity index (χ0n) is 18.8. The number of nitrogens with zero attached hydrogens (tertiary/aromatic N) is 5. The number of hydrogen-bond acceptors (Lipinski definition) is 9. The molecule has 1 amide bonds. The van der Waals surface area contributed by atoms with Gasteiger partial charge in [0.05, 0.1) is 30.8 Å². The minimum atomic E-state index is -0.743. The van der Waals surface area contributed by atoms with Gasteiger partial charge in [-0.3, -0.25) is 5.10 Å². The summed E-state index contributed by atoms with van der Waals surface area (Å²) in [4.78, 5) is 21.3. The number of methoxy groups -OCH3 is 1. The van der Waals surface area contributed by atoms with Gasteiger partial charge in [0.1, 0.15) is 41.4 Å². The molecule has 1 fully saturated rings. The van der Waals surface area contributed by atoms with E-state index in [0.717, 1.165) is 0 Å². The van der Waals surface area contributed by atoms with Gasteiger partial charge in [-0.1, -0.05) is 0 Å². The third-order valence-electron chi connectivity index (χ3n) is 5.09. The molecule has 2 aromatic heterocycles. The third-order valence-corrected chi connectivity index (χ3v) is 5.09. The highest BCUT2D eigenvalue weighted by Crippen LogP contribution is 2.43. The smallest absolute Gasteiger partial charge is 0.409 e. The Kier molecular flexibility index (Phi) is 6.18. The Morgan fingerprint density at radius 2 is 2.00 bits per heavy atom. The maximum Gasteiger partial charge on any atom is 0.409 e. The van der Waals surface area contributed by atoms with E-state index in [1.807, 2.05) is 6.07 Å². The number of nitrogens with one attached hydrogen (secondary N) is 2. The van der Waals surface area contributed by atoms with E-state index in [1.165, 1.54) is 36.5 Å². The summed E-state index contributed by atoms with van der Waals surface area (Å²) in [5, 5.41) is 18.9. The number of amides is 1. The minimum Gasteiger partial charge on any atom is -0.496 e. The monoisotopic (exact) mass is 467 g/mol. The van der Waals surface area contributed by atoms with Gasteiger partial charge in [-0.2, -0.15) is 10.4 Å². The Morgan fingerprint density at radius 3 is 2.62 bits per heavy atom. The number of carbonyl (C=O) groups excluding carboxylic acids is 1. The van der Waals surface area contributed by atoms with Crippen molar-refractivity contribution in [3.8, 4) is 28.8 Å². The fourth-order valence-corrected chi connectivity index (χ4v) is 3.09. The summed E-state index contributed by atoms with van der Waals surface area (Å²) >= 11 is 0. The van der Waals surface area contributed by atoms with Gasteiger partial charge in [0.2, 0.25) is 0 Å². The zero-order chi connectivity index (χ0) is 24.3. The Hall–Kier alpha value is -4.40. The number of aromatic amines is 1. The molecular formula is C22H22FN7O4. The quantitative estimate of drug-likeness (QED) is 0.511. The van der Waals surface area contributed by atoms with E-state index >= 15 is 0 Å². The predicted octanol–water partition coefficient (Wildman–Crippen LogP) is 3.24. The van der Waals surface area contributed by atoms with Crippen LogP contribution in [-0.4, -0.2) is 64.6 Å². The van der Waals surface area contributed by atoms with Crippen molar-refractivity contribution in [1.29, 1.82) is 5.26 Å². The lowest BCUT2D eigenvalue weighted by atomic mass is 10.1. The fourth-order valence-electron chi connectivity index (χ4n) is 3.09. The second-order valence-electron chi connectivity index (χ2n) is 7.91. The van der Waals surface area contributed by atoms with E-state index in [9.17, 15) is 9.18 Å². The lowest BCUT2D eigenvalue weighted by molar-refractivity contribution is 0.0324. The first-order valence-corrected chi connectivity index (χ1v) is 10.3. The van der Waals surface area contributed by atoms with E-state index in [2.05, 4.69) is 25.5 Å².